The molecule has 0 fully saturated rings. The second-order valence-corrected chi connectivity index (χ2v) is 13.3. The molecule has 2 aromatic heterocycles. The minimum Gasteiger partial charge on any atom is -0.664 e. The van der Waals surface area contributed by atoms with E-state index in [1.807, 2.05) is 0 Å². The van der Waals surface area contributed by atoms with E-state index in [-0.39, 0.29) is 67.3 Å². The fraction of sp³-hybridized carbons (Fsp3) is 0.182. The zero-order chi connectivity index (χ0) is 31.9. The van der Waals surface area contributed by atoms with Gasteiger partial charge in [-0.2, -0.15) is 22.8 Å². The number of hydrogen-bond acceptors (Lipinski definition) is 2. The number of rotatable bonds is 4. The molecule has 0 radical (unpaired) electrons. The molecule has 236 valence electrons. The van der Waals surface area contributed by atoms with Crippen LogP contribution in [0.3, 0.4) is 0 Å². The average Bonchev–Trinajstić information content (AvgIpc) is 3.98. The van der Waals surface area contributed by atoms with Crippen LogP contribution in [0.2, 0.25) is 0 Å². The molecule has 0 saturated carbocycles. The maximum Gasteiger partial charge on any atom is 2.00 e. The number of aromatic nitrogens is 2. The summed E-state index contributed by atoms with van der Waals surface area (Å²) in [6.45, 7) is 0. The van der Waals surface area contributed by atoms with E-state index in [9.17, 15) is 0 Å². The van der Waals surface area contributed by atoms with Gasteiger partial charge in [0.2, 0.25) is 0 Å². The molecule has 3 aliphatic heterocycles. The number of benzene rings is 4. The Balaban J connectivity index is 0.00000348. The SMILES string of the molecule is C1=CC2NC1C(c1ccccc1)c1ccc([n-]1)C(c1ccccc1)C1C=CC(N1)C(c1ccccc1)c1ccc([n-]1)C2c1ccccc1.[Zn+2]. The zero-order valence-corrected chi connectivity index (χ0v) is 30.4. The predicted octanol–water partition coefficient (Wildman–Crippen LogP) is 7.63. The Labute approximate surface area is 301 Å². The Hall–Kier alpha value is -4.54. The van der Waals surface area contributed by atoms with Gasteiger partial charge in [-0.1, -0.05) is 170 Å². The Kier molecular flexibility index (Phi) is 8.91. The van der Waals surface area contributed by atoms with E-state index in [1.165, 1.54) is 22.3 Å². The third kappa shape index (κ3) is 6.01. The summed E-state index contributed by atoms with van der Waals surface area (Å²) in [5.41, 5.74) is 9.42. The van der Waals surface area contributed by atoms with E-state index in [0.717, 1.165) is 22.8 Å². The first-order valence-corrected chi connectivity index (χ1v) is 17.2. The standard InChI is InChI=1S/C44H38N4.Zn/c1-5-13-29(14-6-1)41-33-21-23-35(45-33)42(30-15-7-2-8-16-30)37-25-27-39(47-37)44(32-19-11-4-12-20-32)40-28-26-38(48-40)43(31-17-9-3-10-18-31)36-24-22-34(41)46-36;/h1-28,33,35,38,40-45,48H;/q-2;+2. The first-order valence-electron chi connectivity index (χ1n) is 17.2. The summed E-state index contributed by atoms with van der Waals surface area (Å²) in [5.74, 6) is 0.250. The third-order valence-electron chi connectivity index (χ3n) is 10.5. The molecule has 0 amide bonds. The van der Waals surface area contributed by atoms with Crippen LogP contribution in [0.25, 0.3) is 0 Å². The van der Waals surface area contributed by atoms with Crippen molar-refractivity contribution in [2.75, 3.05) is 0 Å². The van der Waals surface area contributed by atoms with Gasteiger partial charge in [-0.3, -0.25) is 0 Å². The first kappa shape index (κ1) is 31.7. The first-order chi connectivity index (χ1) is 23.8. The topological polar surface area (TPSA) is 52.3 Å². The minimum absolute atomic E-state index is 0. The van der Waals surface area contributed by atoms with Crippen molar-refractivity contribution in [1.29, 1.82) is 0 Å². The Morgan fingerprint density at radius 2 is 0.531 bits per heavy atom. The van der Waals surface area contributed by atoms with Crippen LogP contribution in [0.1, 0.15) is 68.7 Å². The summed E-state index contributed by atoms with van der Waals surface area (Å²) in [5, 5.41) is 8.13. The van der Waals surface area contributed by atoms with Crippen molar-refractivity contribution in [3.8, 4) is 0 Å². The summed E-state index contributed by atoms with van der Waals surface area (Å²) in [4.78, 5) is 11.0. The number of nitrogens with one attached hydrogen (secondary N) is 2. The van der Waals surface area contributed by atoms with Gasteiger partial charge in [-0.15, -0.1) is 0 Å². The van der Waals surface area contributed by atoms with Crippen LogP contribution in [-0.2, 0) is 19.5 Å². The molecule has 0 aliphatic carbocycles. The fourth-order valence-corrected chi connectivity index (χ4v) is 8.35. The van der Waals surface area contributed by atoms with Gasteiger partial charge in [0.05, 0.1) is 0 Å². The zero-order valence-electron chi connectivity index (χ0n) is 27.4. The molecule has 4 aromatic carbocycles. The van der Waals surface area contributed by atoms with Crippen molar-refractivity contribution in [3.63, 3.8) is 0 Å². The van der Waals surface area contributed by atoms with Crippen LogP contribution in [-0.4, -0.2) is 24.2 Å². The summed E-state index contributed by atoms with van der Waals surface area (Å²) in [7, 11) is 0. The molecule has 0 spiro atoms. The maximum atomic E-state index is 5.50. The molecule has 2 N–H and O–H groups in total. The molecule has 9 rings (SSSR count). The Bertz CT molecular complexity index is 1740. The Morgan fingerprint density at radius 3 is 0.755 bits per heavy atom. The normalized spacial score (nSPS) is 27.1. The van der Waals surface area contributed by atoms with E-state index in [0.29, 0.717) is 0 Å². The van der Waals surface area contributed by atoms with Crippen LogP contribution < -0.4 is 20.6 Å². The molecular formula is C44H38N4Zn. The van der Waals surface area contributed by atoms with Gasteiger partial charge in [0, 0.05) is 47.8 Å². The molecule has 5 heterocycles. The summed E-state index contributed by atoms with van der Waals surface area (Å²) >= 11 is 0. The fourth-order valence-electron chi connectivity index (χ4n) is 8.35. The van der Waals surface area contributed by atoms with Gasteiger partial charge in [0.25, 0.3) is 0 Å². The van der Waals surface area contributed by atoms with Crippen molar-refractivity contribution in [2.24, 2.45) is 0 Å². The Morgan fingerprint density at radius 1 is 0.306 bits per heavy atom. The van der Waals surface area contributed by atoms with Crippen LogP contribution in [0.15, 0.2) is 170 Å². The van der Waals surface area contributed by atoms with E-state index in [4.69, 9.17) is 9.97 Å². The number of nitrogens with zero attached hydrogens (tertiary/aromatic N) is 2. The van der Waals surface area contributed by atoms with Crippen molar-refractivity contribution in [1.82, 2.24) is 20.6 Å². The van der Waals surface area contributed by atoms with Crippen molar-refractivity contribution < 1.29 is 19.5 Å². The van der Waals surface area contributed by atoms with Gasteiger partial charge in [0.15, 0.2) is 0 Å². The largest absolute Gasteiger partial charge is 2.00 e. The minimum atomic E-state index is 0. The summed E-state index contributed by atoms with van der Waals surface area (Å²) in [6.07, 6.45) is 9.45. The van der Waals surface area contributed by atoms with Gasteiger partial charge < -0.3 is 20.6 Å². The molecule has 8 unspecified atom stereocenters. The molecule has 8 bridgehead atoms. The molecular weight excluding hydrogens is 650 g/mol. The van der Waals surface area contributed by atoms with E-state index in [2.05, 4.69) is 181 Å². The van der Waals surface area contributed by atoms with Gasteiger partial charge in [-0.25, -0.2) is 0 Å². The number of fused-ring (bicyclic) bond motifs is 8. The molecule has 5 heteroatoms. The monoisotopic (exact) mass is 686 g/mol. The maximum absolute atomic E-state index is 5.50. The summed E-state index contributed by atoms with van der Waals surface area (Å²) < 4.78 is 0. The molecule has 3 aliphatic rings. The second-order valence-electron chi connectivity index (χ2n) is 13.3. The van der Waals surface area contributed by atoms with Gasteiger partial charge in [-0.05, 0) is 22.3 Å². The average molecular weight is 688 g/mol. The second kappa shape index (κ2) is 13.8. The number of hydrogen-bond donors (Lipinski definition) is 2. The van der Waals surface area contributed by atoms with E-state index >= 15 is 0 Å². The van der Waals surface area contributed by atoms with Crippen molar-refractivity contribution in [2.45, 2.75) is 47.8 Å². The van der Waals surface area contributed by atoms with Crippen molar-refractivity contribution in [3.05, 3.63) is 215 Å². The van der Waals surface area contributed by atoms with E-state index < -0.39 is 0 Å². The van der Waals surface area contributed by atoms with Crippen molar-refractivity contribution >= 4 is 0 Å². The molecule has 8 atom stereocenters. The molecule has 4 nitrogen and oxygen atoms in total. The van der Waals surface area contributed by atoms with Crippen LogP contribution in [0.4, 0.5) is 0 Å². The van der Waals surface area contributed by atoms with Gasteiger partial charge >= 0.3 is 19.5 Å². The smallest absolute Gasteiger partial charge is 0.664 e. The van der Waals surface area contributed by atoms with Crippen LogP contribution >= 0.6 is 0 Å². The van der Waals surface area contributed by atoms with Crippen LogP contribution in [0.5, 0.6) is 0 Å². The summed E-state index contributed by atoms with van der Waals surface area (Å²) in [6, 6.07) is 52.7. The van der Waals surface area contributed by atoms with Crippen LogP contribution in [0, 0.1) is 0 Å². The van der Waals surface area contributed by atoms with Gasteiger partial charge in [0.1, 0.15) is 0 Å². The van der Waals surface area contributed by atoms with E-state index in [1.54, 1.807) is 0 Å². The predicted molar refractivity (Wildman–Crippen MR) is 192 cm³/mol. The molecule has 0 saturated heterocycles. The third-order valence-corrected chi connectivity index (χ3v) is 10.5. The quantitative estimate of drug-likeness (QED) is 0.148. The molecule has 6 aromatic rings. The molecule has 49 heavy (non-hydrogen) atoms.